The fourth-order valence-electron chi connectivity index (χ4n) is 2.29. The Labute approximate surface area is 136 Å². The molecule has 0 amide bonds. The van der Waals surface area contributed by atoms with Crippen molar-refractivity contribution in [2.75, 3.05) is 32.2 Å². The predicted molar refractivity (Wildman–Crippen MR) is 84.7 cm³/mol. The summed E-state index contributed by atoms with van der Waals surface area (Å²) in [5.74, 6) is 0.949. The van der Waals surface area contributed by atoms with Gasteiger partial charge in [-0.3, -0.25) is 0 Å². The predicted octanol–water partition coefficient (Wildman–Crippen LogP) is 1.80. The van der Waals surface area contributed by atoms with Gasteiger partial charge < -0.3 is 19.9 Å². The van der Waals surface area contributed by atoms with Crippen molar-refractivity contribution in [3.63, 3.8) is 0 Å². The zero-order valence-corrected chi connectivity index (χ0v) is 13.7. The van der Waals surface area contributed by atoms with Crippen LogP contribution in [-0.4, -0.2) is 47.5 Å². The summed E-state index contributed by atoms with van der Waals surface area (Å²) in [4.78, 5) is 12.5. The van der Waals surface area contributed by atoms with Crippen LogP contribution in [0.1, 0.15) is 6.92 Å². The molecule has 0 radical (unpaired) electrons. The van der Waals surface area contributed by atoms with Crippen LogP contribution in [0.4, 0.5) is 5.82 Å². The Balaban J connectivity index is 1.78. The average molecular weight is 369 g/mol. The molecule has 1 aliphatic rings. The van der Waals surface area contributed by atoms with Gasteiger partial charge in [-0.1, -0.05) is 6.92 Å². The highest BCUT2D eigenvalue weighted by Gasteiger charge is 2.23. The number of hydrogen-bond acceptors (Lipinski definition) is 7. The molecule has 0 saturated carbocycles. The van der Waals surface area contributed by atoms with Gasteiger partial charge in [0, 0.05) is 12.1 Å². The van der Waals surface area contributed by atoms with Gasteiger partial charge >= 0.3 is 0 Å². The largest absolute Gasteiger partial charge is 0.477 e. The lowest BCUT2D eigenvalue weighted by Crippen LogP contribution is -2.36. The van der Waals surface area contributed by atoms with Crippen molar-refractivity contribution >= 4 is 32.7 Å². The Morgan fingerprint density at radius 2 is 2.27 bits per heavy atom. The lowest BCUT2D eigenvalue weighted by Gasteiger charge is -2.28. The van der Waals surface area contributed by atoms with Gasteiger partial charge in [0.2, 0.25) is 5.88 Å². The topological polar surface area (TPSA) is 92.4 Å². The van der Waals surface area contributed by atoms with E-state index in [1.54, 1.807) is 6.20 Å². The number of fused-ring (bicyclic) bond motifs is 1. The van der Waals surface area contributed by atoms with Crippen LogP contribution in [0.25, 0.3) is 10.9 Å². The van der Waals surface area contributed by atoms with Crippen molar-refractivity contribution < 1.29 is 14.2 Å². The van der Waals surface area contributed by atoms with Crippen LogP contribution in [0.2, 0.25) is 0 Å². The number of ether oxygens (including phenoxy) is 3. The number of nitrogen functional groups attached to an aromatic ring is 1. The first kappa shape index (κ1) is 15.4. The molecule has 3 rings (SSSR count). The molecule has 2 aromatic heterocycles. The molecular weight excluding hydrogens is 352 g/mol. The molecule has 2 atom stereocenters. The summed E-state index contributed by atoms with van der Waals surface area (Å²) in [5.41, 5.74) is 6.62. The quantitative estimate of drug-likeness (QED) is 0.879. The van der Waals surface area contributed by atoms with Gasteiger partial charge in [0.05, 0.1) is 42.5 Å². The Morgan fingerprint density at radius 1 is 1.41 bits per heavy atom. The highest BCUT2D eigenvalue weighted by Crippen LogP contribution is 2.31. The second kappa shape index (κ2) is 6.72. The Kier molecular flexibility index (Phi) is 4.70. The van der Waals surface area contributed by atoms with E-state index in [2.05, 4.69) is 37.8 Å². The number of rotatable bonds is 4. The molecule has 1 saturated heterocycles. The minimum Gasteiger partial charge on any atom is -0.477 e. The summed E-state index contributed by atoms with van der Waals surface area (Å²) < 4.78 is 17.7. The minimum atomic E-state index is 0.0315. The van der Waals surface area contributed by atoms with Gasteiger partial charge in [-0.2, -0.15) is 0 Å². The second-order valence-corrected chi connectivity index (χ2v) is 6.02. The molecule has 0 bridgehead atoms. The third-order valence-corrected chi connectivity index (χ3v) is 4.15. The van der Waals surface area contributed by atoms with Gasteiger partial charge in [0.1, 0.15) is 17.5 Å². The van der Waals surface area contributed by atoms with Crippen molar-refractivity contribution in [3.05, 3.63) is 17.0 Å². The van der Waals surface area contributed by atoms with Crippen LogP contribution < -0.4 is 10.5 Å². The molecule has 2 aromatic rings. The number of halogens is 1. The summed E-state index contributed by atoms with van der Waals surface area (Å²) in [6.07, 6.45) is 3.10. The molecule has 0 aliphatic carbocycles. The number of nitrogens with zero attached hydrogens (tertiary/aromatic N) is 3. The number of pyridine rings is 1. The highest BCUT2D eigenvalue weighted by molar-refractivity contribution is 9.10. The van der Waals surface area contributed by atoms with Gasteiger partial charge in [-0.15, -0.1) is 0 Å². The zero-order chi connectivity index (χ0) is 15.5. The van der Waals surface area contributed by atoms with E-state index in [0.717, 1.165) is 4.47 Å². The maximum absolute atomic E-state index is 5.94. The van der Waals surface area contributed by atoms with Crippen molar-refractivity contribution in [1.29, 1.82) is 0 Å². The molecule has 0 unspecified atom stereocenters. The number of aromatic nitrogens is 3. The highest BCUT2D eigenvalue weighted by atomic mass is 79.9. The summed E-state index contributed by atoms with van der Waals surface area (Å²) >= 11 is 3.41. The molecule has 0 aromatic carbocycles. The van der Waals surface area contributed by atoms with Crippen LogP contribution in [0.3, 0.4) is 0 Å². The summed E-state index contributed by atoms with van der Waals surface area (Å²) in [6, 6.07) is 0. The maximum atomic E-state index is 5.94. The average Bonchev–Trinajstić information content (AvgIpc) is 2.55. The summed E-state index contributed by atoms with van der Waals surface area (Å²) in [6.45, 7) is 4.36. The lowest BCUT2D eigenvalue weighted by atomic mass is 10.1. The molecule has 118 valence electrons. The van der Waals surface area contributed by atoms with Gasteiger partial charge in [0.15, 0.2) is 0 Å². The van der Waals surface area contributed by atoms with E-state index in [1.807, 2.05) is 0 Å². The minimum absolute atomic E-state index is 0.0315. The van der Waals surface area contributed by atoms with Crippen LogP contribution in [0, 0.1) is 5.92 Å². The van der Waals surface area contributed by atoms with Crippen LogP contribution >= 0.6 is 15.9 Å². The van der Waals surface area contributed by atoms with E-state index < -0.39 is 0 Å². The number of nitrogens with two attached hydrogens (primary N) is 1. The third kappa shape index (κ3) is 3.13. The van der Waals surface area contributed by atoms with Crippen LogP contribution in [0.5, 0.6) is 5.88 Å². The Hall–Kier alpha value is -1.51. The maximum Gasteiger partial charge on any atom is 0.226 e. The summed E-state index contributed by atoms with van der Waals surface area (Å²) in [5, 5.41) is 0.616. The first-order chi connectivity index (χ1) is 10.7. The molecule has 7 nitrogen and oxygen atoms in total. The van der Waals surface area contributed by atoms with Crippen molar-refractivity contribution in [2.45, 2.75) is 13.0 Å². The molecule has 3 heterocycles. The SMILES string of the molecule is C[C@@H](COc1ncc(Br)c2ncnc(N)c12)[C@@H]1COCCO1. The molecule has 1 fully saturated rings. The summed E-state index contributed by atoms with van der Waals surface area (Å²) in [7, 11) is 0. The van der Waals surface area contributed by atoms with Crippen LogP contribution in [0.15, 0.2) is 17.0 Å². The van der Waals surface area contributed by atoms with Gasteiger partial charge in [-0.05, 0) is 15.9 Å². The van der Waals surface area contributed by atoms with Gasteiger partial charge in [0.25, 0.3) is 0 Å². The molecule has 22 heavy (non-hydrogen) atoms. The molecule has 2 N–H and O–H groups in total. The Morgan fingerprint density at radius 3 is 3.05 bits per heavy atom. The van der Waals surface area contributed by atoms with Crippen molar-refractivity contribution in [3.8, 4) is 5.88 Å². The van der Waals surface area contributed by atoms with Crippen molar-refractivity contribution in [2.24, 2.45) is 5.92 Å². The molecule has 0 spiro atoms. The first-order valence-corrected chi connectivity index (χ1v) is 7.83. The van der Waals surface area contributed by atoms with E-state index in [9.17, 15) is 0 Å². The number of anilines is 1. The number of hydrogen-bond donors (Lipinski definition) is 1. The smallest absolute Gasteiger partial charge is 0.226 e. The Bertz CT molecular complexity index is 664. The fourth-order valence-corrected chi connectivity index (χ4v) is 2.70. The van der Waals surface area contributed by atoms with E-state index >= 15 is 0 Å². The second-order valence-electron chi connectivity index (χ2n) is 5.17. The third-order valence-electron chi connectivity index (χ3n) is 3.57. The van der Waals surface area contributed by atoms with Crippen molar-refractivity contribution in [1.82, 2.24) is 15.0 Å². The fraction of sp³-hybridized carbons (Fsp3) is 0.500. The molecule has 1 aliphatic heterocycles. The van der Waals surface area contributed by atoms with E-state index in [1.165, 1.54) is 6.33 Å². The van der Waals surface area contributed by atoms with E-state index in [0.29, 0.717) is 49.0 Å². The van der Waals surface area contributed by atoms with E-state index in [-0.39, 0.29) is 12.0 Å². The standard InChI is InChI=1S/C14H17BrN4O3/c1-8(10-6-20-2-3-21-10)5-22-14-11-12(9(15)4-17-14)18-7-19-13(11)16/h4,7-8,10H,2-3,5-6H2,1H3,(H2,16,18,19)/t8-,10-/m0/s1. The molecular formula is C14H17BrN4O3. The zero-order valence-electron chi connectivity index (χ0n) is 12.2. The van der Waals surface area contributed by atoms with Gasteiger partial charge in [-0.25, -0.2) is 15.0 Å². The molecule has 8 heteroatoms. The normalized spacial score (nSPS) is 20.0. The van der Waals surface area contributed by atoms with Crippen LogP contribution in [-0.2, 0) is 9.47 Å². The van der Waals surface area contributed by atoms with E-state index in [4.69, 9.17) is 19.9 Å². The monoisotopic (exact) mass is 368 g/mol. The first-order valence-electron chi connectivity index (χ1n) is 7.03. The lowest BCUT2D eigenvalue weighted by molar-refractivity contribution is -0.113.